The van der Waals surface area contributed by atoms with Gasteiger partial charge in [-0.2, -0.15) is 0 Å². The van der Waals surface area contributed by atoms with E-state index in [1.807, 2.05) is 47.4 Å². The minimum absolute atomic E-state index is 0.133. The molecule has 0 aromatic heterocycles. The minimum Gasteiger partial charge on any atom is -0.368 e. The largest absolute Gasteiger partial charge is 0.368 e. The van der Waals surface area contributed by atoms with Gasteiger partial charge in [0.25, 0.3) is 0 Å². The van der Waals surface area contributed by atoms with Crippen LogP contribution in [0.25, 0.3) is 0 Å². The minimum atomic E-state index is 0.133. The van der Waals surface area contributed by atoms with E-state index in [-0.39, 0.29) is 17.7 Å². The summed E-state index contributed by atoms with van der Waals surface area (Å²) in [7, 11) is 0. The van der Waals surface area contributed by atoms with Gasteiger partial charge in [-0.1, -0.05) is 24.3 Å². The first-order chi connectivity index (χ1) is 13.6. The van der Waals surface area contributed by atoms with Gasteiger partial charge >= 0.3 is 0 Å². The molecule has 2 aliphatic rings. The summed E-state index contributed by atoms with van der Waals surface area (Å²) in [6.07, 6.45) is 2.50. The third kappa shape index (κ3) is 4.35. The molecule has 5 heteroatoms. The van der Waals surface area contributed by atoms with Crippen LogP contribution in [-0.2, 0) is 16.0 Å². The molecule has 146 valence electrons. The quantitative estimate of drug-likeness (QED) is 0.870. The second kappa shape index (κ2) is 8.05. The van der Waals surface area contributed by atoms with Crippen LogP contribution in [0.15, 0.2) is 48.5 Å². The number of aryl methyl sites for hydroxylation is 1. The first-order valence-electron chi connectivity index (χ1n) is 10.1. The van der Waals surface area contributed by atoms with Crippen molar-refractivity contribution in [2.24, 2.45) is 5.92 Å². The Labute approximate surface area is 166 Å². The van der Waals surface area contributed by atoms with Crippen LogP contribution in [0, 0.1) is 12.8 Å². The monoisotopic (exact) mass is 377 g/mol. The average molecular weight is 377 g/mol. The average Bonchev–Trinajstić information content (AvgIpc) is 3.56. The summed E-state index contributed by atoms with van der Waals surface area (Å²) in [4.78, 5) is 28.8. The molecule has 2 aromatic carbocycles. The van der Waals surface area contributed by atoms with Gasteiger partial charge in [0.2, 0.25) is 11.8 Å². The Balaban J connectivity index is 1.29. The van der Waals surface area contributed by atoms with Crippen molar-refractivity contribution in [3.05, 3.63) is 59.7 Å². The van der Waals surface area contributed by atoms with Gasteiger partial charge in [-0.25, -0.2) is 0 Å². The lowest BCUT2D eigenvalue weighted by molar-refractivity contribution is -0.130. The molecule has 1 aliphatic heterocycles. The second-order valence-corrected chi connectivity index (χ2v) is 7.78. The highest BCUT2D eigenvalue weighted by Crippen LogP contribution is 2.30. The molecule has 1 saturated carbocycles. The summed E-state index contributed by atoms with van der Waals surface area (Å²) >= 11 is 0. The van der Waals surface area contributed by atoms with Crippen molar-refractivity contribution in [3.8, 4) is 0 Å². The van der Waals surface area contributed by atoms with Crippen LogP contribution in [0.5, 0.6) is 0 Å². The van der Waals surface area contributed by atoms with Crippen molar-refractivity contribution in [1.82, 2.24) is 4.90 Å². The molecule has 1 heterocycles. The molecular formula is C23H27N3O2. The molecule has 0 unspecified atom stereocenters. The number of nitrogens with one attached hydrogen (secondary N) is 1. The number of piperazine rings is 1. The van der Waals surface area contributed by atoms with Gasteiger partial charge in [-0.15, -0.1) is 0 Å². The smallest absolute Gasteiger partial charge is 0.227 e. The number of hydrogen-bond donors (Lipinski definition) is 1. The molecule has 2 aromatic rings. The Morgan fingerprint density at radius 2 is 1.64 bits per heavy atom. The molecular weight excluding hydrogens is 350 g/mol. The zero-order chi connectivity index (χ0) is 19.5. The molecule has 1 aliphatic carbocycles. The van der Waals surface area contributed by atoms with E-state index < -0.39 is 0 Å². The van der Waals surface area contributed by atoms with Crippen molar-refractivity contribution in [3.63, 3.8) is 0 Å². The molecule has 2 amide bonds. The molecule has 2 fully saturated rings. The van der Waals surface area contributed by atoms with Gasteiger partial charge in [0.15, 0.2) is 0 Å². The van der Waals surface area contributed by atoms with E-state index >= 15 is 0 Å². The molecule has 1 N–H and O–H groups in total. The third-order valence-electron chi connectivity index (χ3n) is 5.68. The van der Waals surface area contributed by atoms with Crippen molar-refractivity contribution in [1.29, 1.82) is 0 Å². The number of nitrogens with zero attached hydrogens (tertiary/aromatic N) is 2. The van der Waals surface area contributed by atoms with Crippen LogP contribution in [0.2, 0.25) is 0 Å². The predicted octanol–water partition coefficient (Wildman–Crippen LogP) is 3.23. The van der Waals surface area contributed by atoms with Gasteiger partial charge in [-0.3, -0.25) is 9.59 Å². The van der Waals surface area contributed by atoms with E-state index in [0.29, 0.717) is 6.42 Å². The van der Waals surface area contributed by atoms with Crippen molar-refractivity contribution >= 4 is 23.2 Å². The van der Waals surface area contributed by atoms with Crippen LogP contribution < -0.4 is 10.2 Å². The standard InChI is InChI=1S/C23H27N3O2/c1-17-4-2-3-5-19(17)16-22(27)26-14-12-25(13-15-26)21-10-8-20(9-11-21)24-23(28)18-6-7-18/h2-5,8-11,18H,6-7,12-16H2,1H3,(H,24,28). The van der Waals surface area contributed by atoms with Gasteiger partial charge in [0.05, 0.1) is 6.42 Å². The van der Waals surface area contributed by atoms with E-state index in [1.54, 1.807) is 0 Å². The Hall–Kier alpha value is -2.82. The molecule has 0 bridgehead atoms. The highest BCUT2D eigenvalue weighted by atomic mass is 16.2. The Bertz CT molecular complexity index is 850. The number of amides is 2. The van der Waals surface area contributed by atoms with Crippen LogP contribution in [0.1, 0.15) is 24.0 Å². The van der Waals surface area contributed by atoms with Gasteiger partial charge in [0.1, 0.15) is 0 Å². The second-order valence-electron chi connectivity index (χ2n) is 7.78. The predicted molar refractivity (Wildman–Crippen MR) is 111 cm³/mol. The van der Waals surface area contributed by atoms with Crippen molar-refractivity contribution in [2.75, 3.05) is 36.4 Å². The van der Waals surface area contributed by atoms with E-state index in [1.165, 1.54) is 5.56 Å². The summed E-state index contributed by atoms with van der Waals surface area (Å²) < 4.78 is 0. The maximum Gasteiger partial charge on any atom is 0.227 e. The van der Waals surface area contributed by atoms with Gasteiger partial charge in [-0.05, 0) is 55.2 Å². The highest BCUT2D eigenvalue weighted by molar-refractivity contribution is 5.94. The van der Waals surface area contributed by atoms with E-state index in [9.17, 15) is 9.59 Å². The molecule has 0 atom stereocenters. The normalized spacial score (nSPS) is 16.8. The maximum atomic E-state index is 12.6. The van der Waals surface area contributed by atoms with Crippen molar-refractivity contribution < 1.29 is 9.59 Å². The number of carbonyl (C=O) groups is 2. The van der Waals surface area contributed by atoms with Crippen molar-refractivity contribution in [2.45, 2.75) is 26.2 Å². The third-order valence-corrected chi connectivity index (χ3v) is 5.68. The molecule has 28 heavy (non-hydrogen) atoms. The molecule has 0 radical (unpaired) electrons. The summed E-state index contributed by atoms with van der Waals surface area (Å²) in [6.45, 7) is 5.19. The lowest BCUT2D eigenvalue weighted by Gasteiger charge is -2.36. The van der Waals surface area contributed by atoms with Crippen LogP contribution >= 0.6 is 0 Å². The fourth-order valence-electron chi connectivity index (χ4n) is 3.64. The number of rotatable bonds is 5. The Morgan fingerprint density at radius 1 is 0.964 bits per heavy atom. The number of hydrogen-bond acceptors (Lipinski definition) is 3. The lowest BCUT2D eigenvalue weighted by Crippen LogP contribution is -2.49. The zero-order valence-electron chi connectivity index (χ0n) is 16.4. The van der Waals surface area contributed by atoms with Crippen LogP contribution in [-0.4, -0.2) is 42.9 Å². The van der Waals surface area contributed by atoms with Gasteiger partial charge in [0, 0.05) is 43.5 Å². The first-order valence-corrected chi connectivity index (χ1v) is 10.1. The maximum absolute atomic E-state index is 12.6. The fourth-order valence-corrected chi connectivity index (χ4v) is 3.64. The molecule has 5 nitrogen and oxygen atoms in total. The number of anilines is 2. The summed E-state index contributed by atoms with van der Waals surface area (Å²) in [5, 5.41) is 2.97. The highest BCUT2D eigenvalue weighted by Gasteiger charge is 2.29. The topological polar surface area (TPSA) is 52.7 Å². The van der Waals surface area contributed by atoms with E-state index in [2.05, 4.69) is 23.2 Å². The summed E-state index contributed by atoms with van der Waals surface area (Å²) in [6, 6.07) is 16.1. The Morgan fingerprint density at radius 3 is 2.29 bits per heavy atom. The zero-order valence-corrected chi connectivity index (χ0v) is 16.4. The SMILES string of the molecule is Cc1ccccc1CC(=O)N1CCN(c2ccc(NC(=O)C3CC3)cc2)CC1. The van der Waals surface area contributed by atoms with Gasteiger partial charge < -0.3 is 15.1 Å². The molecule has 4 rings (SSSR count). The summed E-state index contributed by atoms with van der Waals surface area (Å²) in [5.41, 5.74) is 4.27. The van der Waals surface area contributed by atoms with Crippen LogP contribution in [0.3, 0.4) is 0 Å². The molecule has 0 spiro atoms. The number of benzene rings is 2. The Kier molecular flexibility index (Phi) is 5.33. The fraction of sp³-hybridized carbons (Fsp3) is 0.391. The van der Waals surface area contributed by atoms with E-state index in [4.69, 9.17) is 0 Å². The van der Waals surface area contributed by atoms with Crippen LogP contribution in [0.4, 0.5) is 11.4 Å². The lowest BCUT2D eigenvalue weighted by atomic mass is 10.1. The number of carbonyl (C=O) groups excluding carboxylic acids is 2. The van der Waals surface area contributed by atoms with E-state index in [0.717, 1.165) is 56.0 Å². The first kappa shape index (κ1) is 18.5. The summed E-state index contributed by atoms with van der Waals surface area (Å²) in [5.74, 6) is 0.547. The molecule has 1 saturated heterocycles.